The van der Waals surface area contributed by atoms with Gasteiger partial charge in [-0.05, 0) is 65.8 Å². The van der Waals surface area contributed by atoms with Crippen LogP contribution in [-0.2, 0) is 15.1 Å². The van der Waals surface area contributed by atoms with Crippen LogP contribution in [0.5, 0.6) is 5.88 Å². The molecule has 5 nitrogen and oxygen atoms in total. The summed E-state index contributed by atoms with van der Waals surface area (Å²) in [5.74, 6) is -1.12. The molecule has 2 fully saturated rings. The zero-order valence-electron chi connectivity index (χ0n) is 19.2. The number of hydrogen-bond acceptors (Lipinski definition) is 6. The highest BCUT2D eigenvalue weighted by atomic mass is 35.5. The summed E-state index contributed by atoms with van der Waals surface area (Å²) >= 11 is 12.6. The van der Waals surface area contributed by atoms with E-state index in [0.29, 0.717) is 22.2 Å². The zero-order valence-corrected chi connectivity index (χ0v) is 21.7. The maximum Gasteiger partial charge on any atom is 0.248 e. The van der Waals surface area contributed by atoms with Gasteiger partial charge >= 0.3 is 0 Å². The number of pyridine rings is 1. The van der Waals surface area contributed by atoms with Gasteiger partial charge < -0.3 is 4.74 Å². The van der Waals surface area contributed by atoms with E-state index in [-0.39, 0.29) is 18.3 Å². The summed E-state index contributed by atoms with van der Waals surface area (Å²) in [4.78, 5) is 32.2. The van der Waals surface area contributed by atoms with E-state index >= 15 is 0 Å². The Bertz CT molecular complexity index is 1210. The number of piperidine rings is 1. The number of Topliss-reactive ketones (excluding diaryl/α,β-unsaturated/α-hetero) is 1. The number of carbonyl (C=O) groups excluding carboxylic acids is 2. The number of nitrogens with zero attached hydrogens (tertiary/aromatic N) is 2. The molecule has 1 amide bonds. The van der Waals surface area contributed by atoms with Gasteiger partial charge in [-0.2, -0.15) is 11.3 Å². The Hall–Kier alpha value is -2.35. The van der Waals surface area contributed by atoms with Crippen LogP contribution in [0.25, 0.3) is 0 Å². The Labute approximate surface area is 220 Å². The van der Waals surface area contributed by atoms with Gasteiger partial charge in [0.2, 0.25) is 11.8 Å². The summed E-state index contributed by atoms with van der Waals surface area (Å²) < 4.78 is 7.66. The van der Waals surface area contributed by atoms with Crippen LogP contribution in [0.1, 0.15) is 67.7 Å². The predicted molar refractivity (Wildman–Crippen MR) is 141 cm³/mol. The van der Waals surface area contributed by atoms with Crippen molar-refractivity contribution in [3.63, 3.8) is 0 Å². The number of hydrogen-bond donors (Lipinski definition) is 1. The highest BCUT2D eigenvalue weighted by molar-refractivity contribution is 7.78. The molecular weight excluding hydrogens is 500 g/mol. The molecule has 1 aliphatic heterocycles. The maximum atomic E-state index is 13.7. The second-order valence-electron chi connectivity index (χ2n) is 9.21. The van der Waals surface area contributed by atoms with Gasteiger partial charge in [-0.15, -0.1) is 0 Å². The number of halogens is 1. The van der Waals surface area contributed by atoms with Crippen LogP contribution in [-0.4, -0.2) is 27.1 Å². The number of thiophene rings is 1. The SMILES string of the molecule is O=C1CC(c2ccsc2)(c2cccc(OC3CCCCCC3)n2)N(S)C(=O)C1c1ccccc1Cl. The molecule has 35 heavy (non-hydrogen) atoms. The summed E-state index contributed by atoms with van der Waals surface area (Å²) in [6, 6.07) is 14.5. The van der Waals surface area contributed by atoms with Crippen molar-refractivity contribution < 1.29 is 14.3 Å². The van der Waals surface area contributed by atoms with Crippen molar-refractivity contribution in [2.75, 3.05) is 0 Å². The number of ether oxygens (including phenoxy) is 1. The number of amides is 1. The lowest BCUT2D eigenvalue weighted by atomic mass is 9.75. The van der Waals surface area contributed by atoms with Crippen molar-refractivity contribution in [1.29, 1.82) is 0 Å². The number of ketones is 1. The van der Waals surface area contributed by atoms with Crippen molar-refractivity contribution in [2.45, 2.75) is 62.5 Å². The fourth-order valence-corrected chi connectivity index (χ4v) is 6.58. The van der Waals surface area contributed by atoms with Gasteiger partial charge in [-0.3, -0.25) is 13.9 Å². The van der Waals surface area contributed by atoms with Crippen molar-refractivity contribution in [3.8, 4) is 5.88 Å². The first-order chi connectivity index (χ1) is 17.0. The third-order valence-corrected chi connectivity index (χ3v) is 8.59. The Morgan fingerprint density at radius 3 is 2.51 bits per heavy atom. The Kier molecular flexibility index (Phi) is 7.19. The minimum Gasteiger partial charge on any atom is -0.474 e. The van der Waals surface area contributed by atoms with E-state index in [1.54, 1.807) is 24.3 Å². The van der Waals surface area contributed by atoms with Gasteiger partial charge in [-0.25, -0.2) is 4.98 Å². The fourth-order valence-electron chi connectivity index (χ4n) is 5.21. The highest BCUT2D eigenvalue weighted by Crippen LogP contribution is 2.48. The molecule has 3 heterocycles. The molecule has 2 aromatic heterocycles. The van der Waals surface area contributed by atoms with Crippen LogP contribution in [0.2, 0.25) is 5.02 Å². The Morgan fingerprint density at radius 1 is 1.03 bits per heavy atom. The predicted octanol–water partition coefficient (Wildman–Crippen LogP) is 6.57. The van der Waals surface area contributed by atoms with Crippen LogP contribution in [0.3, 0.4) is 0 Å². The number of rotatable bonds is 5. The molecule has 8 heteroatoms. The van der Waals surface area contributed by atoms with Crippen LogP contribution in [0.15, 0.2) is 59.3 Å². The molecular formula is C27H27ClN2O3S2. The van der Waals surface area contributed by atoms with Crippen molar-refractivity contribution in [3.05, 3.63) is 81.1 Å². The van der Waals surface area contributed by atoms with Crippen LogP contribution >= 0.6 is 35.8 Å². The summed E-state index contributed by atoms with van der Waals surface area (Å²) in [5, 5.41) is 4.26. The minimum atomic E-state index is -1.14. The number of benzene rings is 1. The average molecular weight is 527 g/mol. The molecule has 2 aliphatic rings. The third kappa shape index (κ3) is 4.61. The van der Waals surface area contributed by atoms with E-state index in [4.69, 9.17) is 34.1 Å². The van der Waals surface area contributed by atoms with E-state index in [1.165, 1.54) is 28.5 Å². The summed E-state index contributed by atoms with van der Waals surface area (Å²) in [6.45, 7) is 0. The van der Waals surface area contributed by atoms with Gasteiger partial charge in [-0.1, -0.05) is 61.5 Å². The molecule has 0 spiro atoms. The summed E-state index contributed by atoms with van der Waals surface area (Å²) in [7, 11) is 0. The highest BCUT2D eigenvalue weighted by Gasteiger charge is 2.53. The van der Waals surface area contributed by atoms with E-state index in [1.807, 2.05) is 35.0 Å². The average Bonchev–Trinajstić information content (AvgIpc) is 3.28. The molecule has 1 aliphatic carbocycles. The quantitative estimate of drug-likeness (QED) is 0.232. The molecule has 1 saturated carbocycles. The molecule has 0 bridgehead atoms. The molecule has 1 saturated heterocycles. The molecule has 5 rings (SSSR count). The van der Waals surface area contributed by atoms with Gasteiger partial charge in [0, 0.05) is 17.5 Å². The lowest BCUT2D eigenvalue weighted by molar-refractivity contribution is -0.142. The first-order valence-electron chi connectivity index (χ1n) is 12.0. The maximum absolute atomic E-state index is 13.7. The van der Waals surface area contributed by atoms with Gasteiger partial charge in [0.15, 0.2) is 5.78 Å². The number of aromatic nitrogens is 1. The molecule has 1 aromatic carbocycles. The molecule has 0 radical (unpaired) electrons. The fraction of sp³-hybridized carbons (Fsp3) is 0.370. The Morgan fingerprint density at radius 2 is 1.80 bits per heavy atom. The molecule has 0 N–H and O–H groups in total. The second kappa shape index (κ2) is 10.3. The lowest BCUT2D eigenvalue weighted by Crippen LogP contribution is -2.54. The lowest BCUT2D eigenvalue weighted by Gasteiger charge is -2.45. The van der Waals surface area contributed by atoms with Gasteiger partial charge in [0.25, 0.3) is 0 Å². The van der Waals surface area contributed by atoms with Crippen molar-refractivity contribution in [2.24, 2.45) is 0 Å². The van der Waals surface area contributed by atoms with E-state index in [0.717, 1.165) is 31.2 Å². The second-order valence-corrected chi connectivity index (χ2v) is 10.8. The van der Waals surface area contributed by atoms with E-state index in [9.17, 15) is 9.59 Å². The standard InChI is InChI=1S/C27H27ClN2O3S2/c28-21-11-6-5-10-20(21)25-22(31)16-27(30(34)26(25)32,18-14-15-35-17-18)23-12-7-13-24(29-23)33-19-8-3-1-2-4-9-19/h5-7,10-15,17,19,25,34H,1-4,8-9,16H2. The smallest absolute Gasteiger partial charge is 0.248 e. The summed E-state index contributed by atoms with van der Waals surface area (Å²) in [6.07, 6.45) is 6.96. The zero-order chi connectivity index (χ0) is 24.4. The molecule has 2 atom stereocenters. The van der Waals surface area contributed by atoms with Gasteiger partial charge in [0.1, 0.15) is 17.6 Å². The molecule has 182 valence electrons. The van der Waals surface area contributed by atoms with Crippen molar-refractivity contribution in [1.82, 2.24) is 9.29 Å². The largest absolute Gasteiger partial charge is 0.474 e. The van der Waals surface area contributed by atoms with Gasteiger partial charge in [0.05, 0.1) is 5.69 Å². The topological polar surface area (TPSA) is 59.5 Å². The first kappa shape index (κ1) is 24.3. The Balaban J connectivity index is 1.54. The van der Waals surface area contributed by atoms with Crippen LogP contribution in [0.4, 0.5) is 0 Å². The van der Waals surface area contributed by atoms with E-state index < -0.39 is 17.4 Å². The normalized spacial score (nSPS) is 23.8. The van der Waals surface area contributed by atoms with Crippen LogP contribution in [0, 0.1) is 0 Å². The third-order valence-electron chi connectivity index (χ3n) is 7.02. The monoisotopic (exact) mass is 526 g/mol. The number of carbonyl (C=O) groups is 2. The number of thiol groups is 1. The van der Waals surface area contributed by atoms with Crippen LogP contribution < -0.4 is 4.74 Å². The molecule has 2 unspecified atom stereocenters. The summed E-state index contributed by atoms with van der Waals surface area (Å²) in [5.41, 5.74) is 0.727. The minimum absolute atomic E-state index is 0.0365. The van der Waals surface area contributed by atoms with Crippen molar-refractivity contribution >= 4 is 47.4 Å². The van der Waals surface area contributed by atoms with E-state index in [2.05, 4.69) is 0 Å². The molecule has 3 aromatic rings. The first-order valence-corrected chi connectivity index (χ1v) is 13.7.